The molecule has 0 aromatic heterocycles. The molecule has 14 heavy (non-hydrogen) atoms. The summed E-state index contributed by atoms with van der Waals surface area (Å²) in [6, 6.07) is 0. The minimum atomic E-state index is -0.118. The number of carbonyl (C=O) groups is 1. The van der Waals surface area contributed by atoms with Gasteiger partial charge < -0.3 is 10.1 Å². The van der Waals surface area contributed by atoms with Gasteiger partial charge >= 0.3 is 0 Å². The number of rotatable bonds is 2. The maximum atomic E-state index is 11.7. The van der Waals surface area contributed by atoms with Crippen LogP contribution in [0.25, 0.3) is 0 Å². The van der Waals surface area contributed by atoms with Crippen LogP contribution in [0.1, 0.15) is 33.6 Å². The Balaban J connectivity index is 2.01. The highest BCUT2D eigenvalue weighted by Gasteiger charge is 2.50. The summed E-state index contributed by atoms with van der Waals surface area (Å²) in [5, 5.41) is 3.17. The van der Waals surface area contributed by atoms with E-state index < -0.39 is 0 Å². The van der Waals surface area contributed by atoms with Gasteiger partial charge in [-0.25, -0.2) is 0 Å². The van der Waals surface area contributed by atoms with Crippen LogP contribution in [-0.4, -0.2) is 24.7 Å². The number of ether oxygens (including phenoxy) is 1. The molecule has 0 aromatic carbocycles. The lowest BCUT2D eigenvalue weighted by Gasteiger charge is -2.51. The average Bonchev–Trinajstić information content (AvgIpc) is 2.74. The molecule has 2 rings (SSSR count). The van der Waals surface area contributed by atoms with Crippen molar-refractivity contribution in [3.05, 3.63) is 0 Å². The van der Waals surface area contributed by atoms with Crippen LogP contribution in [0.2, 0.25) is 0 Å². The molecule has 0 radical (unpaired) electrons. The summed E-state index contributed by atoms with van der Waals surface area (Å²) in [6.45, 7) is 7.79. The Morgan fingerprint density at radius 3 is 2.21 bits per heavy atom. The van der Waals surface area contributed by atoms with Crippen LogP contribution in [0.15, 0.2) is 0 Å². The summed E-state index contributed by atoms with van der Waals surface area (Å²) < 4.78 is 5.25. The van der Waals surface area contributed by atoms with Crippen LogP contribution in [0, 0.1) is 11.3 Å². The third kappa shape index (κ3) is 1.54. The third-order valence-corrected chi connectivity index (χ3v) is 3.44. The predicted octanol–water partition coefficient (Wildman–Crippen LogP) is 1.33. The zero-order valence-corrected chi connectivity index (χ0v) is 9.22. The molecule has 1 aliphatic carbocycles. The number of carbonyl (C=O) groups excluding carboxylic acids is 1. The third-order valence-electron chi connectivity index (χ3n) is 3.44. The summed E-state index contributed by atoms with van der Waals surface area (Å²) in [5.41, 5.74) is -0.0392. The highest BCUT2D eigenvalue weighted by molar-refractivity contribution is 5.81. The Kier molecular flexibility index (Phi) is 2.11. The van der Waals surface area contributed by atoms with Gasteiger partial charge in [0.05, 0.1) is 18.8 Å². The van der Waals surface area contributed by atoms with E-state index in [1.807, 2.05) is 0 Å². The van der Waals surface area contributed by atoms with Crippen molar-refractivity contribution in [1.82, 2.24) is 5.32 Å². The van der Waals surface area contributed by atoms with E-state index in [4.69, 9.17) is 4.74 Å². The molecule has 3 nitrogen and oxygen atoms in total. The molecule has 0 aromatic rings. The summed E-state index contributed by atoms with van der Waals surface area (Å²) in [4.78, 5) is 11.7. The minimum absolute atomic E-state index is 0.0792. The Morgan fingerprint density at radius 2 is 1.93 bits per heavy atom. The fourth-order valence-electron chi connectivity index (χ4n) is 1.68. The van der Waals surface area contributed by atoms with Crippen LogP contribution < -0.4 is 5.32 Å². The van der Waals surface area contributed by atoms with E-state index in [2.05, 4.69) is 26.1 Å². The topological polar surface area (TPSA) is 38.3 Å². The summed E-state index contributed by atoms with van der Waals surface area (Å²) in [6.07, 6.45) is 2.12. The molecular formula is C11H19NO2. The molecule has 1 amide bonds. The Bertz CT molecular complexity index is 247. The first kappa shape index (κ1) is 9.97. The molecule has 0 spiro atoms. The van der Waals surface area contributed by atoms with Crippen molar-refractivity contribution in [3.63, 3.8) is 0 Å². The molecule has 1 heterocycles. The SMILES string of the molecule is CC(C)(C)C1(NC(=O)C2CC2)COC1. The molecular weight excluding hydrogens is 178 g/mol. The van der Waals surface area contributed by atoms with Crippen molar-refractivity contribution in [2.45, 2.75) is 39.2 Å². The Hall–Kier alpha value is -0.570. The second-order valence-electron chi connectivity index (χ2n) is 5.59. The van der Waals surface area contributed by atoms with E-state index in [1.54, 1.807) is 0 Å². The molecule has 2 fully saturated rings. The molecule has 0 bridgehead atoms. The lowest BCUT2D eigenvalue weighted by atomic mass is 9.72. The quantitative estimate of drug-likeness (QED) is 0.725. The van der Waals surface area contributed by atoms with E-state index in [0.717, 1.165) is 12.8 Å². The van der Waals surface area contributed by atoms with E-state index in [-0.39, 0.29) is 22.8 Å². The van der Waals surface area contributed by atoms with Gasteiger partial charge in [-0.3, -0.25) is 4.79 Å². The van der Waals surface area contributed by atoms with Gasteiger partial charge in [0.25, 0.3) is 0 Å². The van der Waals surface area contributed by atoms with Crippen molar-refractivity contribution in [3.8, 4) is 0 Å². The highest BCUT2D eigenvalue weighted by Crippen LogP contribution is 2.38. The first-order valence-corrected chi connectivity index (χ1v) is 5.34. The molecule has 1 N–H and O–H groups in total. The molecule has 0 unspecified atom stereocenters. The van der Waals surface area contributed by atoms with E-state index in [1.165, 1.54) is 0 Å². The van der Waals surface area contributed by atoms with Crippen molar-refractivity contribution < 1.29 is 9.53 Å². The number of hydrogen-bond donors (Lipinski definition) is 1. The molecule has 3 heteroatoms. The number of hydrogen-bond acceptors (Lipinski definition) is 2. The fourth-order valence-corrected chi connectivity index (χ4v) is 1.68. The normalized spacial score (nSPS) is 25.4. The highest BCUT2D eigenvalue weighted by atomic mass is 16.5. The zero-order chi connectivity index (χ0) is 10.4. The van der Waals surface area contributed by atoms with Gasteiger partial charge in [0.1, 0.15) is 0 Å². The van der Waals surface area contributed by atoms with Crippen molar-refractivity contribution >= 4 is 5.91 Å². The minimum Gasteiger partial charge on any atom is -0.376 e. The van der Waals surface area contributed by atoms with E-state index in [0.29, 0.717) is 13.2 Å². The second kappa shape index (κ2) is 2.96. The first-order valence-electron chi connectivity index (χ1n) is 5.34. The molecule has 80 valence electrons. The Morgan fingerprint density at radius 1 is 1.36 bits per heavy atom. The lowest BCUT2D eigenvalue weighted by Crippen LogP contribution is -2.69. The maximum absolute atomic E-state index is 11.7. The molecule has 1 aliphatic heterocycles. The fraction of sp³-hybridized carbons (Fsp3) is 0.909. The van der Waals surface area contributed by atoms with Gasteiger partial charge in [-0.1, -0.05) is 20.8 Å². The first-order chi connectivity index (χ1) is 6.45. The van der Waals surface area contributed by atoms with Gasteiger partial charge in [0, 0.05) is 5.92 Å². The lowest BCUT2D eigenvalue weighted by molar-refractivity contribution is -0.150. The van der Waals surface area contributed by atoms with Gasteiger partial charge in [-0.15, -0.1) is 0 Å². The average molecular weight is 197 g/mol. The van der Waals surface area contributed by atoms with Crippen LogP contribution in [0.4, 0.5) is 0 Å². The monoisotopic (exact) mass is 197 g/mol. The molecule has 0 atom stereocenters. The van der Waals surface area contributed by atoms with Crippen LogP contribution in [0.5, 0.6) is 0 Å². The van der Waals surface area contributed by atoms with Gasteiger partial charge in [0.15, 0.2) is 0 Å². The van der Waals surface area contributed by atoms with Crippen LogP contribution in [-0.2, 0) is 9.53 Å². The standard InChI is InChI=1S/C11H19NO2/c1-10(2,3)11(6-14-7-11)12-9(13)8-4-5-8/h8H,4-7H2,1-3H3,(H,12,13). The van der Waals surface area contributed by atoms with Gasteiger partial charge in [-0.2, -0.15) is 0 Å². The predicted molar refractivity (Wildman–Crippen MR) is 53.9 cm³/mol. The van der Waals surface area contributed by atoms with E-state index >= 15 is 0 Å². The zero-order valence-electron chi connectivity index (χ0n) is 9.22. The smallest absolute Gasteiger partial charge is 0.223 e. The van der Waals surface area contributed by atoms with Crippen LogP contribution in [0.3, 0.4) is 0 Å². The summed E-state index contributed by atoms with van der Waals surface area (Å²) in [7, 11) is 0. The molecule has 1 saturated heterocycles. The van der Waals surface area contributed by atoms with Gasteiger partial charge in [-0.05, 0) is 18.3 Å². The van der Waals surface area contributed by atoms with E-state index in [9.17, 15) is 4.79 Å². The second-order valence-corrected chi connectivity index (χ2v) is 5.59. The molecule has 1 saturated carbocycles. The van der Waals surface area contributed by atoms with Crippen LogP contribution >= 0.6 is 0 Å². The Labute approximate surface area is 85.2 Å². The van der Waals surface area contributed by atoms with Gasteiger partial charge in [0.2, 0.25) is 5.91 Å². The maximum Gasteiger partial charge on any atom is 0.223 e. The largest absolute Gasteiger partial charge is 0.376 e. The number of amides is 1. The van der Waals surface area contributed by atoms with Crippen molar-refractivity contribution in [2.75, 3.05) is 13.2 Å². The summed E-state index contributed by atoms with van der Waals surface area (Å²) >= 11 is 0. The summed E-state index contributed by atoms with van der Waals surface area (Å²) in [5.74, 6) is 0.512. The molecule has 2 aliphatic rings. The van der Waals surface area contributed by atoms with Crippen molar-refractivity contribution in [1.29, 1.82) is 0 Å². The van der Waals surface area contributed by atoms with Crippen molar-refractivity contribution in [2.24, 2.45) is 11.3 Å². The number of nitrogens with one attached hydrogen (secondary N) is 1.